The zero-order valence-corrected chi connectivity index (χ0v) is 21.6. The van der Waals surface area contributed by atoms with E-state index < -0.39 is 6.04 Å². The smallest absolute Gasteiger partial charge is 0.255 e. The number of carbonyl (C=O) groups is 3. The van der Waals surface area contributed by atoms with E-state index in [-0.39, 0.29) is 23.6 Å². The van der Waals surface area contributed by atoms with Gasteiger partial charge in [0, 0.05) is 45.2 Å². The highest BCUT2D eigenvalue weighted by Crippen LogP contribution is 2.21. The molecule has 11 heteroatoms. The van der Waals surface area contributed by atoms with Crippen LogP contribution in [0.2, 0.25) is 0 Å². The highest BCUT2D eigenvalue weighted by molar-refractivity contribution is 5.99. The van der Waals surface area contributed by atoms with Gasteiger partial charge in [0.25, 0.3) is 5.91 Å². The molecular weight excluding hydrogens is 476 g/mol. The first-order chi connectivity index (χ1) is 17.9. The Morgan fingerprint density at radius 2 is 1.92 bits per heavy atom. The van der Waals surface area contributed by atoms with E-state index in [2.05, 4.69) is 20.9 Å². The summed E-state index contributed by atoms with van der Waals surface area (Å²) in [6, 6.07) is 4.64. The van der Waals surface area contributed by atoms with Gasteiger partial charge < -0.3 is 25.0 Å². The number of benzene rings is 1. The predicted octanol–water partition coefficient (Wildman–Crippen LogP) is 1.45. The zero-order valence-electron chi connectivity index (χ0n) is 21.6. The number of carbonyl (C=O) groups excluding carboxylic acids is 3. The summed E-state index contributed by atoms with van der Waals surface area (Å²) in [7, 11) is 0. The lowest BCUT2D eigenvalue weighted by atomic mass is 9.98. The van der Waals surface area contributed by atoms with Gasteiger partial charge in [-0.05, 0) is 50.8 Å². The Bertz CT molecular complexity index is 1100. The van der Waals surface area contributed by atoms with Crippen molar-refractivity contribution in [1.29, 1.82) is 0 Å². The molecule has 4 rings (SSSR count). The second kappa shape index (κ2) is 12.7. The molecule has 2 N–H and O–H groups in total. The number of fused-ring (bicyclic) bond motifs is 3. The number of hydrogen-bond acceptors (Lipinski definition) is 7. The second-order valence-corrected chi connectivity index (χ2v) is 9.66. The monoisotopic (exact) mass is 512 g/mol. The van der Waals surface area contributed by atoms with Gasteiger partial charge in [-0.2, -0.15) is 0 Å². The summed E-state index contributed by atoms with van der Waals surface area (Å²) in [5, 5.41) is 14.1. The minimum Gasteiger partial charge on any atom is -0.493 e. The van der Waals surface area contributed by atoms with Crippen LogP contribution >= 0.6 is 0 Å². The van der Waals surface area contributed by atoms with E-state index in [0.717, 1.165) is 5.56 Å². The SMILES string of the molecule is Cc1ccc2c(c1)OCCCn1cc(nn1)CN(C(=O)C1CCOCC1)CCCNC(=O)[C@@H](C)NC2=O. The molecule has 37 heavy (non-hydrogen) atoms. The summed E-state index contributed by atoms with van der Waals surface area (Å²) < 4.78 is 13.1. The highest BCUT2D eigenvalue weighted by atomic mass is 16.5. The third-order valence-electron chi connectivity index (χ3n) is 6.64. The van der Waals surface area contributed by atoms with E-state index in [4.69, 9.17) is 9.47 Å². The molecule has 0 spiro atoms. The van der Waals surface area contributed by atoms with Crippen molar-refractivity contribution in [2.75, 3.05) is 32.9 Å². The number of aryl methyl sites for hydroxylation is 2. The molecule has 2 aromatic rings. The van der Waals surface area contributed by atoms with E-state index in [9.17, 15) is 14.4 Å². The van der Waals surface area contributed by atoms with Gasteiger partial charge in [0.05, 0.1) is 24.9 Å². The topological polar surface area (TPSA) is 128 Å². The Kier molecular flexibility index (Phi) is 9.10. The molecule has 2 aliphatic rings. The van der Waals surface area contributed by atoms with Crippen molar-refractivity contribution in [3.63, 3.8) is 0 Å². The summed E-state index contributed by atoms with van der Waals surface area (Å²) in [6.07, 6.45) is 4.50. The Hall–Kier alpha value is -3.47. The van der Waals surface area contributed by atoms with E-state index in [1.54, 1.807) is 22.6 Å². The van der Waals surface area contributed by atoms with Gasteiger partial charge in [0.1, 0.15) is 17.5 Å². The van der Waals surface area contributed by atoms with E-state index >= 15 is 0 Å². The highest BCUT2D eigenvalue weighted by Gasteiger charge is 2.27. The minimum atomic E-state index is -0.724. The molecule has 200 valence electrons. The fraction of sp³-hybridized carbons (Fsp3) is 0.577. The second-order valence-electron chi connectivity index (χ2n) is 9.66. The molecule has 1 atom stereocenters. The summed E-state index contributed by atoms with van der Waals surface area (Å²) in [4.78, 5) is 40.6. The molecule has 2 bridgehead atoms. The van der Waals surface area contributed by atoms with E-state index in [1.807, 2.05) is 25.3 Å². The molecular formula is C26H36N6O5. The summed E-state index contributed by atoms with van der Waals surface area (Å²) >= 11 is 0. The molecule has 1 fully saturated rings. The fourth-order valence-electron chi connectivity index (χ4n) is 4.51. The molecule has 0 aliphatic carbocycles. The van der Waals surface area contributed by atoms with Gasteiger partial charge in [-0.3, -0.25) is 19.1 Å². The number of amides is 3. The number of ether oxygens (including phenoxy) is 2. The van der Waals surface area contributed by atoms with E-state index in [1.165, 1.54) is 0 Å². The third-order valence-corrected chi connectivity index (χ3v) is 6.64. The molecule has 1 aromatic carbocycles. The quantitative estimate of drug-likeness (QED) is 0.592. The Labute approximate surface area is 216 Å². The standard InChI is InChI=1S/C26H36N6O5/c1-18-5-6-22-23(15-18)37-12-4-11-32-17-21(29-30-32)16-31(26(35)20-7-13-36-14-8-20)10-3-9-27-24(33)19(2)28-25(22)34/h5-6,15,17,19-20H,3-4,7-14,16H2,1-2H3,(H,27,33)(H,28,34)/t19-/m1/s1. The largest absolute Gasteiger partial charge is 0.493 e. The Balaban J connectivity index is 1.49. The van der Waals surface area contributed by atoms with Crippen molar-refractivity contribution >= 4 is 17.7 Å². The van der Waals surface area contributed by atoms with Crippen molar-refractivity contribution in [2.45, 2.75) is 58.7 Å². The Morgan fingerprint density at radius 3 is 2.73 bits per heavy atom. The molecule has 0 radical (unpaired) electrons. The molecule has 3 amide bonds. The van der Waals surface area contributed by atoms with Crippen molar-refractivity contribution in [1.82, 2.24) is 30.5 Å². The van der Waals surface area contributed by atoms with Gasteiger partial charge >= 0.3 is 0 Å². The van der Waals surface area contributed by atoms with Gasteiger partial charge in [0.15, 0.2) is 0 Å². The van der Waals surface area contributed by atoms with Gasteiger partial charge in [-0.25, -0.2) is 0 Å². The molecule has 3 heterocycles. The van der Waals surface area contributed by atoms with Crippen LogP contribution in [0, 0.1) is 12.8 Å². The van der Waals surface area contributed by atoms with E-state index in [0.29, 0.717) is 88.7 Å². The fourth-order valence-corrected chi connectivity index (χ4v) is 4.51. The number of hydrogen-bond donors (Lipinski definition) is 2. The van der Waals surface area contributed by atoms with Crippen LogP contribution in [0.15, 0.2) is 24.4 Å². The van der Waals surface area contributed by atoms with Crippen LogP contribution in [0.1, 0.15) is 54.2 Å². The van der Waals surface area contributed by atoms with Crippen molar-refractivity contribution in [3.05, 3.63) is 41.2 Å². The summed E-state index contributed by atoms with van der Waals surface area (Å²) in [5.74, 6) is -0.171. The summed E-state index contributed by atoms with van der Waals surface area (Å²) in [6.45, 7) is 6.93. The van der Waals surface area contributed by atoms with Crippen LogP contribution in [-0.2, 0) is 27.4 Å². The van der Waals surface area contributed by atoms with Crippen LogP contribution in [0.25, 0.3) is 0 Å². The number of nitrogens with one attached hydrogen (secondary N) is 2. The minimum absolute atomic E-state index is 0.0716. The van der Waals surface area contributed by atoms with Crippen LogP contribution in [0.5, 0.6) is 5.75 Å². The first kappa shape index (κ1) is 26.6. The number of nitrogens with zero attached hydrogens (tertiary/aromatic N) is 4. The first-order valence-corrected chi connectivity index (χ1v) is 13.0. The third kappa shape index (κ3) is 7.28. The zero-order chi connectivity index (χ0) is 26.2. The lowest BCUT2D eigenvalue weighted by Gasteiger charge is -2.29. The number of rotatable bonds is 1. The normalized spacial score (nSPS) is 20.9. The molecule has 0 saturated carbocycles. The maximum atomic E-state index is 13.3. The lowest BCUT2D eigenvalue weighted by molar-refractivity contribution is -0.139. The maximum absolute atomic E-state index is 13.3. The molecule has 1 aromatic heterocycles. The Morgan fingerprint density at radius 1 is 1.11 bits per heavy atom. The number of aromatic nitrogens is 3. The predicted molar refractivity (Wildman–Crippen MR) is 135 cm³/mol. The molecule has 1 saturated heterocycles. The molecule has 2 aliphatic heterocycles. The van der Waals surface area contributed by atoms with Gasteiger partial charge in [-0.1, -0.05) is 11.3 Å². The van der Waals surface area contributed by atoms with Crippen molar-refractivity contribution < 1.29 is 23.9 Å². The lowest BCUT2D eigenvalue weighted by Crippen LogP contribution is -2.45. The average Bonchev–Trinajstić information content (AvgIpc) is 3.35. The molecule has 0 unspecified atom stereocenters. The van der Waals surface area contributed by atoms with Crippen molar-refractivity contribution in [3.8, 4) is 5.75 Å². The summed E-state index contributed by atoms with van der Waals surface area (Å²) in [5.41, 5.74) is 2.07. The van der Waals surface area contributed by atoms with Gasteiger partial charge in [-0.15, -0.1) is 5.10 Å². The van der Waals surface area contributed by atoms with Crippen molar-refractivity contribution in [2.24, 2.45) is 5.92 Å². The maximum Gasteiger partial charge on any atom is 0.255 e. The van der Waals surface area contributed by atoms with Crippen LogP contribution < -0.4 is 15.4 Å². The molecule has 11 nitrogen and oxygen atoms in total. The van der Waals surface area contributed by atoms with Crippen LogP contribution in [0.4, 0.5) is 0 Å². The first-order valence-electron chi connectivity index (χ1n) is 13.0. The average molecular weight is 513 g/mol. The van der Waals surface area contributed by atoms with Crippen LogP contribution in [-0.4, -0.2) is 76.6 Å². The van der Waals surface area contributed by atoms with Crippen LogP contribution in [0.3, 0.4) is 0 Å². The van der Waals surface area contributed by atoms with Gasteiger partial charge in [0.2, 0.25) is 11.8 Å².